The molecule has 0 bridgehead atoms. The van der Waals surface area contributed by atoms with Crippen molar-refractivity contribution in [3.8, 4) is 0 Å². The number of alkyl halides is 33. The first-order chi connectivity index (χ1) is 22.0. The number of halogens is 33. The van der Waals surface area contributed by atoms with Crippen LogP contribution in [0.15, 0.2) is 0 Å². The van der Waals surface area contributed by atoms with E-state index in [4.69, 9.17) is 9.79 Å². The summed E-state index contributed by atoms with van der Waals surface area (Å²) >= 11 is 0. The SMILES string of the molecule is O=P(O)(O)C(F)(F)C(F)(F)C(F)(F)C(F)(F)C(F)(F)C(F)(F)C(F)(F)C(F)(F)C(F)(F)C(F)(F)C(F)(F)C(F)(F)C(F)(F)C(F)(F)C(F)(F)C(F)(F)F. The third-order valence-electron chi connectivity index (χ3n) is 6.23. The Morgan fingerprint density at radius 1 is 0.226 bits per heavy atom. The van der Waals surface area contributed by atoms with Crippen LogP contribution in [0.1, 0.15) is 0 Å². The van der Waals surface area contributed by atoms with Crippen LogP contribution in [-0.4, -0.2) is 105 Å². The van der Waals surface area contributed by atoms with Gasteiger partial charge in [-0.25, -0.2) is 0 Å². The first-order valence-electron chi connectivity index (χ1n) is 10.8. The van der Waals surface area contributed by atoms with Gasteiger partial charge in [-0.05, 0) is 0 Å². The molecular weight excluding hydrogens is 898 g/mol. The predicted molar refractivity (Wildman–Crippen MR) is 92.3 cm³/mol. The molecule has 0 radical (unpaired) electrons. The van der Waals surface area contributed by atoms with Gasteiger partial charge in [0.05, 0.1) is 0 Å². The van der Waals surface area contributed by atoms with Crippen LogP contribution in [-0.2, 0) is 4.57 Å². The Kier molecular flexibility index (Phi) is 11.4. The normalized spacial score (nSPS) is 17.4. The third kappa shape index (κ3) is 5.67. The summed E-state index contributed by atoms with van der Waals surface area (Å²) < 4.78 is 451. The van der Waals surface area contributed by atoms with Crippen molar-refractivity contribution in [3.05, 3.63) is 0 Å². The fourth-order valence-corrected chi connectivity index (χ4v) is 3.42. The van der Waals surface area contributed by atoms with Gasteiger partial charge in [0.2, 0.25) is 0 Å². The molecule has 0 spiro atoms. The van der Waals surface area contributed by atoms with E-state index in [-0.39, 0.29) is 0 Å². The maximum absolute atomic E-state index is 13.8. The maximum Gasteiger partial charge on any atom is 0.460 e. The minimum absolute atomic E-state index is 7.87. The number of rotatable bonds is 15. The highest BCUT2D eigenvalue weighted by molar-refractivity contribution is 7.53. The second-order valence-corrected chi connectivity index (χ2v) is 11.3. The molecule has 0 unspecified atom stereocenters. The molecule has 0 amide bonds. The van der Waals surface area contributed by atoms with Crippen LogP contribution in [0, 0.1) is 0 Å². The summed E-state index contributed by atoms with van der Waals surface area (Å²) in [7, 11) is -8.53. The van der Waals surface area contributed by atoms with Crippen LogP contribution < -0.4 is 0 Å². The summed E-state index contributed by atoms with van der Waals surface area (Å²) in [6.07, 6.45) is -8.42. The van der Waals surface area contributed by atoms with Crippen LogP contribution in [0.2, 0.25) is 0 Å². The Hall–Kier alpha value is -2.16. The van der Waals surface area contributed by atoms with Gasteiger partial charge >= 0.3 is 102 Å². The Morgan fingerprint density at radius 2 is 0.340 bits per heavy atom. The lowest BCUT2D eigenvalue weighted by Gasteiger charge is -2.46. The maximum atomic E-state index is 13.8. The van der Waals surface area contributed by atoms with E-state index in [1.807, 2.05) is 0 Å². The van der Waals surface area contributed by atoms with Gasteiger partial charge in [0.25, 0.3) is 0 Å². The second-order valence-electron chi connectivity index (χ2n) is 9.62. The first-order valence-corrected chi connectivity index (χ1v) is 12.4. The van der Waals surface area contributed by atoms with Gasteiger partial charge in [0, 0.05) is 0 Å². The van der Waals surface area contributed by atoms with E-state index in [0.717, 1.165) is 0 Å². The molecule has 0 aliphatic heterocycles. The van der Waals surface area contributed by atoms with Crippen molar-refractivity contribution >= 4 is 7.60 Å². The van der Waals surface area contributed by atoms with E-state index in [1.165, 1.54) is 0 Å². The lowest BCUT2D eigenvalue weighted by atomic mass is 9.83. The van der Waals surface area contributed by atoms with Crippen molar-refractivity contribution in [1.82, 2.24) is 0 Å². The minimum atomic E-state index is -10.3. The lowest BCUT2D eigenvalue weighted by molar-refractivity contribution is -0.490. The topological polar surface area (TPSA) is 57.5 Å². The number of hydrogen-bond donors (Lipinski definition) is 2. The van der Waals surface area contributed by atoms with E-state index < -0.39 is 102 Å². The Morgan fingerprint density at radius 3 is 0.453 bits per heavy atom. The molecule has 0 aliphatic rings. The molecule has 0 aromatic carbocycles. The summed E-state index contributed by atoms with van der Waals surface area (Å²) in [5, 5.41) is 0. The second kappa shape index (κ2) is 11.9. The van der Waals surface area contributed by atoms with E-state index in [1.54, 1.807) is 0 Å². The molecular formula is C16H2F33O3P. The molecule has 0 saturated heterocycles. The molecule has 0 heterocycles. The predicted octanol–water partition coefficient (Wildman–Crippen LogP) is 10.2. The fraction of sp³-hybridized carbons (Fsp3) is 1.00. The molecule has 3 nitrogen and oxygen atoms in total. The van der Waals surface area contributed by atoms with Gasteiger partial charge in [-0.15, -0.1) is 0 Å². The van der Waals surface area contributed by atoms with Gasteiger partial charge < -0.3 is 9.79 Å². The zero-order valence-corrected chi connectivity index (χ0v) is 23.1. The van der Waals surface area contributed by atoms with Gasteiger partial charge in [0.15, 0.2) is 0 Å². The van der Waals surface area contributed by atoms with Crippen molar-refractivity contribution in [2.24, 2.45) is 0 Å². The molecule has 0 aromatic heterocycles. The van der Waals surface area contributed by atoms with Crippen LogP contribution >= 0.6 is 7.60 Å². The summed E-state index contributed by atoms with van der Waals surface area (Å²) in [4.78, 5) is 15.7. The highest BCUT2D eigenvalue weighted by Crippen LogP contribution is 2.71. The molecule has 320 valence electrons. The fourth-order valence-electron chi connectivity index (χ4n) is 2.92. The van der Waals surface area contributed by atoms with Crippen molar-refractivity contribution in [1.29, 1.82) is 0 Å². The molecule has 37 heteroatoms. The summed E-state index contributed by atoms with van der Waals surface area (Å²) in [6.45, 7) is 0. The molecule has 0 rings (SSSR count). The quantitative estimate of drug-likeness (QED) is 0.127. The largest absolute Gasteiger partial charge is 0.460 e. The zero-order valence-electron chi connectivity index (χ0n) is 22.2. The average Bonchev–Trinajstić information content (AvgIpc) is 2.89. The molecule has 0 atom stereocenters. The molecule has 0 saturated carbocycles. The highest BCUT2D eigenvalue weighted by atomic mass is 31.2. The van der Waals surface area contributed by atoms with Gasteiger partial charge in [0.1, 0.15) is 0 Å². The summed E-state index contributed by atoms with van der Waals surface area (Å²) in [5.74, 6) is -138. The Balaban J connectivity index is 7.79. The molecule has 0 aromatic rings. The van der Waals surface area contributed by atoms with Crippen molar-refractivity contribution in [2.75, 3.05) is 0 Å². The van der Waals surface area contributed by atoms with Crippen molar-refractivity contribution < 1.29 is 159 Å². The van der Waals surface area contributed by atoms with Crippen LogP contribution in [0.3, 0.4) is 0 Å². The zero-order chi connectivity index (χ0) is 44.5. The Labute approximate surface area is 263 Å². The van der Waals surface area contributed by atoms with Crippen molar-refractivity contribution in [2.45, 2.75) is 94.8 Å². The van der Waals surface area contributed by atoms with E-state index in [0.29, 0.717) is 0 Å². The standard InChI is InChI=1S/C16H2F33O3P/c17-1(18,3(21,22)5(25,26)7(29,30)9(33,34)11(37,38)13(41,42)15(45,46)47)2(19,20)4(23,24)6(27,28)8(31,32)10(35,36)12(39,40)14(43,44)16(48,49)53(50,51)52/h(H2,50,51,52). The Bertz CT molecular complexity index is 1410. The smallest absolute Gasteiger partial charge is 0.320 e. The van der Waals surface area contributed by atoms with Gasteiger partial charge in [-0.3, -0.25) is 4.57 Å². The van der Waals surface area contributed by atoms with Crippen LogP contribution in [0.4, 0.5) is 145 Å². The average molecular weight is 900 g/mol. The summed E-state index contributed by atoms with van der Waals surface area (Å²) in [6, 6.07) is 0. The van der Waals surface area contributed by atoms with Crippen LogP contribution in [0.25, 0.3) is 0 Å². The van der Waals surface area contributed by atoms with E-state index in [2.05, 4.69) is 0 Å². The molecule has 0 aliphatic carbocycles. The summed E-state index contributed by atoms with van der Waals surface area (Å²) in [5.41, 5.74) is -8.29. The van der Waals surface area contributed by atoms with E-state index in [9.17, 15) is 149 Å². The van der Waals surface area contributed by atoms with Crippen LogP contribution in [0.5, 0.6) is 0 Å². The molecule has 2 N–H and O–H groups in total. The van der Waals surface area contributed by atoms with Crippen molar-refractivity contribution in [3.63, 3.8) is 0 Å². The molecule has 53 heavy (non-hydrogen) atoms. The highest BCUT2D eigenvalue weighted by Gasteiger charge is 3.02. The minimum Gasteiger partial charge on any atom is -0.320 e. The lowest BCUT2D eigenvalue weighted by Crippen LogP contribution is -2.79. The first kappa shape index (κ1) is 50.8. The number of hydrogen-bond acceptors (Lipinski definition) is 1. The van der Waals surface area contributed by atoms with Gasteiger partial charge in [-0.2, -0.15) is 145 Å². The van der Waals surface area contributed by atoms with E-state index >= 15 is 0 Å². The third-order valence-corrected chi connectivity index (χ3v) is 7.24. The monoisotopic (exact) mass is 900 g/mol. The van der Waals surface area contributed by atoms with Gasteiger partial charge in [-0.1, -0.05) is 0 Å². The molecule has 0 fully saturated rings.